The molecular formula is C12H25Cl2NO4S2. The molecule has 0 aromatic heterocycles. The Balaban J connectivity index is 3.46. The number of unbranched alkanes of at least 4 members (excludes halogenated alkanes) is 2. The van der Waals surface area contributed by atoms with Crippen LogP contribution >= 0.6 is 23.2 Å². The van der Waals surface area contributed by atoms with E-state index >= 15 is 0 Å². The van der Waals surface area contributed by atoms with E-state index in [4.69, 9.17) is 23.2 Å². The van der Waals surface area contributed by atoms with Gasteiger partial charge in [-0.15, -0.1) is 23.2 Å². The Labute approximate surface area is 138 Å². The Bertz CT molecular complexity index is 410. The van der Waals surface area contributed by atoms with E-state index in [1.54, 1.807) is 0 Å². The van der Waals surface area contributed by atoms with Crippen molar-refractivity contribution in [3.05, 3.63) is 0 Å². The Morgan fingerprint density at radius 3 is 1.33 bits per heavy atom. The first kappa shape index (κ1) is 21.4. The topological polar surface area (TPSA) is 80.3 Å². The molecule has 0 saturated heterocycles. The fourth-order valence-electron chi connectivity index (χ4n) is 1.71. The lowest BCUT2D eigenvalue weighted by molar-refractivity contribution is 0.579. The molecule has 0 atom stereocenters. The van der Waals surface area contributed by atoms with Crippen LogP contribution in [0, 0.1) is 0 Å². The summed E-state index contributed by atoms with van der Waals surface area (Å²) < 4.78 is 45.5. The van der Waals surface area contributed by atoms with Gasteiger partial charge in [0.1, 0.15) is 0 Å². The van der Waals surface area contributed by atoms with Crippen LogP contribution < -0.4 is 5.32 Å². The molecule has 0 aliphatic carbocycles. The number of halogens is 2. The van der Waals surface area contributed by atoms with Gasteiger partial charge >= 0.3 is 0 Å². The van der Waals surface area contributed by atoms with Crippen molar-refractivity contribution in [2.75, 3.05) is 47.9 Å². The number of hydrogen-bond donors (Lipinski definition) is 1. The van der Waals surface area contributed by atoms with Gasteiger partial charge < -0.3 is 5.32 Å². The molecule has 0 saturated carbocycles. The van der Waals surface area contributed by atoms with Crippen molar-refractivity contribution < 1.29 is 16.8 Å². The van der Waals surface area contributed by atoms with Crippen molar-refractivity contribution in [2.24, 2.45) is 0 Å². The molecule has 0 spiro atoms. The van der Waals surface area contributed by atoms with Gasteiger partial charge in [0.25, 0.3) is 0 Å². The van der Waals surface area contributed by atoms with E-state index in [0.717, 1.165) is 25.9 Å². The normalized spacial score (nSPS) is 12.7. The summed E-state index contributed by atoms with van der Waals surface area (Å²) in [6.45, 7) is 1.48. The monoisotopic (exact) mass is 381 g/mol. The summed E-state index contributed by atoms with van der Waals surface area (Å²) >= 11 is 10.8. The van der Waals surface area contributed by atoms with Crippen LogP contribution in [0.15, 0.2) is 0 Å². The summed E-state index contributed by atoms with van der Waals surface area (Å²) in [5.74, 6) is 0.730. The van der Waals surface area contributed by atoms with E-state index in [-0.39, 0.29) is 34.8 Å². The largest absolute Gasteiger partial charge is 0.317 e. The molecule has 9 heteroatoms. The second-order valence-corrected chi connectivity index (χ2v) is 10.2. The molecule has 0 aromatic carbocycles. The van der Waals surface area contributed by atoms with Crippen molar-refractivity contribution in [1.82, 2.24) is 5.32 Å². The van der Waals surface area contributed by atoms with Crippen LogP contribution in [0.4, 0.5) is 0 Å². The van der Waals surface area contributed by atoms with Crippen LogP contribution in [-0.2, 0) is 19.7 Å². The maximum absolute atomic E-state index is 11.4. The Kier molecular flexibility index (Phi) is 12.2. The summed E-state index contributed by atoms with van der Waals surface area (Å²) in [5.41, 5.74) is 0. The summed E-state index contributed by atoms with van der Waals surface area (Å²) in [4.78, 5) is 0. The number of rotatable bonds is 14. The fourth-order valence-corrected chi connectivity index (χ4v) is 5.29. The first-order valence-electron chi connectivity index (χ1n) is 7.06. The predicted octanol–water partition coefficient (Wildman–Crippen LogP) is 1.44. The van der Waals surface area contributed by atoms with Crippen LogP contribution in [0.2, 0.25) is 0 Å². The lowest BCUT2D eigenvalue weighted by atomic mass is 10.3. The molecule has 0 rings (SSSR count). The molecule has 0 fully saturated rings. The van der Waals surface area contributed by atoms with E-state index in [1.165, 1.54) is 0 Å². The van der Waals surface area contributed by atoms with Gasteiger partial charge in [-0.25, -0.2) is 16.8 Å². The predicted molar refractivity (Wildman–Crippen MR) is 90.1 cm³/mol. The molecule has 0 aliphatic heterocycles. The molecule has 0 aromatic rings. The third kappa shape index (κ3) is 13.8. The highest BCUT2D eigenvalue weighted by molar-refractivity contribution is 7.91. The van der Waals surface area contributed by atoms with Gasteiger partial charge in [0.2, 0.25) is 0 Å². The third-order valence-corrected chi connectivity index (χ3v) is 7.19. The second-order valence-electron chi connectivity index (χ2n) is 4.85. The van der Waals surface area contributed by atoms with E-state index in [1.807, 2.05) is 0 Å². The van der Waals surface area contributed by atoms with Crippen LogP contribution in [0.3, 0.4) is 0 Å². The van der Waals surface area contributed by atoms with Gasteiger partial charge in [-0.3, -0.25) is 0 Å². The first-order valence-corrected chi connectivity index (χ1v) is 11.8. The number of alkyl halides is 2. The highest BCUT2D eigenvalue weighted by Gasteiger charge is 2.09. The number of nitrogens with one attached hydrogen (secondary N) is 1. The molecule has 0 bridgehead atoms. The second kappa shape index (κ2) is 11.9. The Hall–Kier alpha value is 0.440. The highest BCUT2D eigenvalue weighted by atomic mass is 35.5. The quantitative estimate of drug-likeness (QED) is 0.363. The van der Waals surface area contributed by atoms with Gasteiger partial charge in [0.05, 0.1) is 23.0 Å². The SMILES string of the molecule is O=S(=O)(CCCl)CCCCNCCCCS(=O)(=O)CCCl. The molecule has 0 heterocycles. The first-order chi connectivity index (χ1) is 9.83. The van der Waals surface area contributed by atoms with Gasteiger partial charge in [0.15, 0.2) is 19.7 Å². The lowest BCUT2D eigenvalue weighted by Crippen LogP contribution is -2.20. The van der Waals surface area contributed by atoms with E-state index < -0.39 is 19.7 Å². The summed E-state index contributed by atoms with van der Waals surface area (Å²) in [7, 11) is -5.98. The zero-order valence-corrected chi connectivity index (χ0v) is 15.3. The summed E-state index contributed by atoms with van der Waals surface area (Å²) in [6, 6.07) is 0. The fraction of sp³-hybridized carbons (Fsp3) is 1.00. The molecule has 128 valence electrons. The van der Waals surface area contributed by atoms with E-state index in [2.05, 4.69) is 5.32 Å². The smallest absolute Gasteiger partial charge is 0.151 e. The standard InChI is InChI=1S/C12H25Cl2NO4S2/c13-5-11-20(16,17)9-3-1-7-15-8-2-4-10-21(18,19)12-6-14/h15H,1-12H2. The van der Waals surface area contributed by atoms with Crippen molar-refractivity contribution in [3.63, 3.8) is 0 Å². The molecule has 0 aliphatic rings. The minimum absolute atomic E-state index is 0.0404. The molecule has 1 N–H and O–H groups in total. The average molecular weight is 382 g/mol. The molecule has 0 unspecified atom stereocenters. The van der Waals surface area contributed by atoms with Gasteiger partial charge in [0, 0.05) is 11.8 Å². The Morgan fingerprint density at radius 1 is 0.619 bits per heavy atom. The zero-order chi connectivity index (χ0) is 16.2. The van der Waals surface area contributed by atoms with E-state index in [0.29, 0.717) is 12.8 Å². The van der Waals surface area contributed by atoms with Gasteiger partial charge in [-0.05, 0) is 38.8 Å². The van der Waals surface area contributed by atoms with Crippen molar-refractivity contribution >= 4 is 42.9 Å². The summed E-state index contributed by atoms with van der Waals surface area (Å²) in [5, 5.41) is 3.18. The number of sulfone groups is 2. The highest BCUT2D eigenvalue weighted by Crippen LogP contribution is 2.00. The minimum atomic E-state index is -2.99. The van der Waals surface area contributed by atoms with Crippen LogP contribution in [0.1, 0.15) is 25.7 Å². The Morgan fingerprint density at radius 2 is 1.00 bits per heavy atom. The zero-order valence-electron chi connectivity index (χ0n) is 12.2. The minimum Gasteiger partial charge on any atom is -0.317 e. The molecular weight excluding hydrogens is 357 g/mol. The maximum Gasteiger partial charge on any atom is 0.151 e. The molecule has 21 heavy (non-hydrogen) atoms. The third-order valence-electron chi connectivity index (χ3n) is 2.89. The summed E-state index contributed by atoms with van der Waals surface area (Å²) in [6.07, 6.45) is 2.81. The van der Waals surface area contributed by atoms with E-state index in [9.17, 15) is 16.8 Å². The average Bonchev–Trinajstić information content (AvgIpc) is 2.36. The van der Waals surface area contributed by atoms with Crippen LogP contribution in [0.25, 0.3) is 0 Å². The van der Waals surface area contributed by atoms with Crippen LogP contribution in [-0.4, -0.2) is 64.7 Å². The van der Waals surface area contributed by atoms with Gasteiger partial charge in [-0.2, -0.15) is 0 Å². The lowest BCUT2D eigenvalue weighted by Gasteiger charge is -2.05. The van der Waals surface area contributed by atoms with Crippen LogP contribution in [0.5, 0.6) is 0 Å². The molecule has 0 amide bonds. The number of hydrogen-bond acceptors (Lipinski definition) is 5. The van der Waals surface area contributed by atoms with Crippen molar-refractivity contribution in [1.29, 1.82) is 0 Å². The maximum atomic E-state index is 11.4. The molecule has 0 radical (unpaired) electrons. The molecule has 5 nitrogen and oxygen atoms in total. The van der Waals surface area contributed by atoms with Crippen molar-refractivity contribution in [2.45, 2.75) is 25.7 Å². The van der Waals surface area contributed by atoms with Crippen molar-refractivity contribution in [3.8, 4) is 0 Å². The van der Waals surface area contributed by atoms with Gasteiger partial charge in [-0.1, -0.05) is 0 Å².